The molecule has 4 nitrogen and oxygen atoms in total. The first-order chi connectivity index (χ1) is 15.8. The van der Waals surface area contributed by atoms with Crippen LogP contribution in [0.3, 0.4) is 0 Å². The van der Waals surface area contributed by atoms with E-state index in [-0.39, 0.29) is 28.8 Å². The molecule has 5 aliphatic rings. The molecule has 0 bridgehead atoms. The number of aliphatic hydroxyl groups excluding tert-OH is 2. The van der Waals surface area contributed by atoms with Crippen LogP contribution in [0.2, 0.25) is 0 Å². The second-order valence-electron chi connectivity index (χ2n) is 14.4. The second-order valence-corrected chi connectivity index (χ2v) is 14.4. The molecule has 34 heavy (non-hydrogen) atoms. The Balaban J connectivity index is 1.56. The van der Waals surface area contributed by atoms with E-state index in [1.54, 1.807) is 0 Å². The van der Waals surface area contributed by atoms with E-state index >= 15 is 0 Å². The predicted molar refractivity (Wildman–Crippen MR) is 134 cm³/mol. The topological polar surface area (TPSA) is 77.8 Å². The van der Waals surface area contributed by atoms with E-state index in [1.807, 2.05) is 0 Å². The zero-order valence-corrected chi connectivity index (χ0v) is 22.2. The SMILES string of the molecule is C=C(C)[C@@H]1CC[C@]2(C(=O)O)CC[C@]3(C)C(CC[C@@H]4[C@@]5(C)CC[C@H](O)[C@@](C)(CO)[C@@H]5CC[C@]43C)[C@@H]12. The van der Waals surface area contributed by atoms with E-state index in [1.165, 1.54) is 5.57 Å². The van der Waals surface area contributed by atoms with Gasteiger partial charge in [0.25, 0.3) is 0 Å². The molecule has 5 fully saturated rings. The molecule has 3 N–H and O–H groups in total. The third-order valence-corrected chi connectivity index (χ3v) is 13.6. The Morgan fingerprint density at radius 1 is 0.882 bits per heavy atom. The number of rotatable bonds is 3. The van der Waals surface area contributed by atoms with Gasteiger partial charge < -0.3 is 15.3 Å². The number of hydrogen-bond donors (Lipinski definition) is 3. The van der Waals surface area contributed by atoms with Crippen LogP contribution in [-0.4, -0.2) is 34.0 Å². The molecule has 0 spiro atoms. The third-order valence-electron chi connectivity index (χ3n) is 13.6. The maximum Gasteiger partial charge on any atom is 0.309 e. The van der Waals surface area contributed by atoms with Crippen LogP contribution in [0, 0.1) is 56.7 Å². The molecule has 0 heterocycles. The van der Waals surface area contributed by atoms with Gasteiger partial charge in [0.1, 0.15) is 0 Å². The lowest BCUT2D eigenvalue weighted by atomic mass is 9.32. The molecule has 0 aromatic heterocycles. The molecule has 11 atom stereocenters. The van der Waals surface area contributed by atoms with Crippen molar-refractivity contribution in [1.29, 1.82) is 0 Å². The van der Waals surface area contributed by atoms with Crippen molar-refractivity contribution < 1.29 is 20.1 Å². The monoisotopic (exact) mass is 472 g/mol. The van der Waals surface area contributed by atoms with Gasteiger partial charge >= 0.3 is 5.97 Å². The smallest absolute Gasteiger partial charge is 0.309 e. The standard InChI is InChI=1S/C30H48O4/c1-18(2)19-9-14-30(25(33)34)16-15-28(5)20(24(19)30)7-8-22-26(3)12-11-23(32)27(4,17-31)21(26)10-13-29(22,28)6/h19-24,31-32H,1,7-17H2,2-6H3,(H,33,34)/t19-,20?,21+,22+,23-,24+,26-,27-,28+,29+,30-/m0/s1. The van der Waals surface area contributed by atoms with Gasteiger partial charge in [-0.05, 0) is 117 Å². The fourth-order valence-corrected chi connectivity index (χ4v) is 11.5. The van der Waals surface area contributed by atoms with Gasteiger partial charge in [-0.25, -0.2) is 0 Å². The van der Waals surface area contributed by atoms with Crippen LogP contribution < -0.4 is 0 Å². The zero-order chi connectivity index (χ0) is 24.9. The minimum Gasteiger partial charge on any atom is -0.481 e. The number of carboxylic acids is 1. The van der Waals surface area contributed by atoms with E-state index in [4.69, 9.17) is 0 Å². The molecule has 5 aliphatic carbocycles. The Hall–Kier alpha value is -0.870. The van der Waals surface area contributed by atoms with Crippen LogP contribution in [0.15, 0.2) is 12.2 Å². The average Bonchev–Trinajstić information content (AvgIpc) is 3.18. The lowest BCUT2D eigenvalue weighted by Crippen LogP contribution is -2.67. The first kappa shape index (κ1) is 24.8. The summed E-state index contributed by atoms with van der Waals surface area (Å²) in [7, 11) is 0. The van der Waals surface area contributed by atoms with Crippen LogP contribution in [0.5, 0.6) is 0 Å². The maximum absolute atomic E-state index is 12.8. The Bertz CT molecular complexity index is 883. The number of hydrogen-bond acceptors (Lipinski definition) is 3. The van der Waals surface area contributed by atoms with Crippen LogP contribution in [0.25, 0.3) is 0 Å². The number of aliphatic carboxylic acids is 1. The van der Waals surface area contributed by atoms with Gasteiger partial charge in [0, 0.05) is 5.41 Å². The number of carboxylic acid groups (broad SMARTS) is 1. The summed E-state index contributed by atoms with van der Waals surface area (Å²) < 4.78 is 0. The van der Waals surface area contributed by atoms with E-state index in [2.05, 4.69) is 41.2 Å². The number of aliphatic hydroxyl groups is 2. The minimum absolute atomic E-state index is 0.0568. The first-order valence-corrected chi connectivity index (χ1v) is 14.0. The average molecular weight is 473 g/mol. The molecule has 0 amide bonds. The van der Waals surface area contributed by atoms with Crippen molar-refractivity contribution in [2.45, 2.75) is 105 Å². The van der Waals surface area contributed by atoms with Gasteiger partial charge in [-0.1, -0.05) is 39.8 Å². The van der Waals surface area contributed by atoms with Gasteiger partial charge in [0.15, 0.2) is 0 Å². The fraction of sp³-hybridized carbons (Fsp3) is 0.900. The molecule has 0 aromatic rings. The largest absolute Gasteiger partial charge is 0.481 e. The van der Waals surface area contributed by atoms with Crippen LogP contribution in [0.4, 0.5) is 0 Å². The number of fused-ring (bicyclic) bond motifs is 7. The summed E-state index contributed by atoms with van der Waals surface area (Å²) in [4.78, 5) is 12.8. The highest BCUT2D eigenvalue weighted by molar-refractivity contribution is 5.76. The molecule has 1 unspecified atom stereocenters. The van der Waals surface area contributed by atoms with Gasteiger partial charge in [-0.15, -0.1) is 0 Å². The highest BCUT2D eigenvalue weighted by atomic mass is 16.4. The van der Waals surface area contributed by atoms with Crippen molar-refractivity contribution in [1.82, 2.24) is 0 Å². The van der Waals surface area contributed by atoms with E-state index in [9.17, 15) is 20.1 Å². The number of allylic oxidation sites excluding steroid dienone is 1. The summed E-state index contributed by atoms with van der Waals surface area (Å²) in [5.74, 6) is 1.30. The van der Waals surface area contributed by atoms with Crippen molar-refractivity contribution in [3.05, 3.63) is 12.2 Å². The van der Waals surface area contributed by atoms with Gasteiger partial charge in [-0.2, -0.15) is 0 Å². The summed E-state index contributed by atoms with van der Waals surface area (Å²) in [5.41, 5.74) is 0.586. The molecular formula is C30H48O4. The predicted octanol–water partition coefficient (Wildman–Crippen LogP) is 6.06. The van der Waals surface area contributed by atoms with Gasteiger partial charge in [-0.3, -0.25) is 4.79 Å². The van der Waals surface area contributed by atoms with Crippen molar-refractivity contribution >= 4 is 5.97 Å². The van der Waals surface area contributed by atoms with Gasteiger partial charge in [0.2, 0.25) is 0 Å². The van der Waals surface area contributed by atoms with Crippen molar-refractivity contribution in [2.75, 3.05) is 6.61 Å². The number of carbonyl (C=O) groups is 1. The molecule has 0 aromatic carbocycles. The quantitative estimate of drug-likeness (QED) is 0.436. The van der Waals surface area contributed by atoms with Crippen molar-refractivity contribution in [3.63, 3.8) is 0 Å². The Morgan fingerprint density at radius 3 is 2.21 bits per heavy atom. The summed E-state index contributed by atoms with van der Waals surface area (Å²) in [6.07, 6.45) is 9.43. The fourth-order valence-electron chi connectivity index (χ4n) is 11.5. The third kappa shape index (κ3) is 2.76. The Kier molecular flexibility index (Phi) is 5.52. The normalized spacial score (nSPS) is 56.6. The molecule has 4 heteroatoms. The van der Waals surface area contributed by atoms with Crippen molar-refractivity contribution in [3.8, 4) is 0 Å². The summed E-state index contributed by atoms with van der Waals surface area (Å²) in [5, 5.41) is 31.8. The van der Waals surface area contributed by atoms with E-state index in [0.29, 0.717) is 23.7 Å². The molecular weight excluding hydrogens is 424 g/mol. The van der Waals surface area contributed by atoms with E-state index in [0.717, 1.165) is 64.2 Å². The lowest BCUT2D eigenvalue weighted by Gasteiger charge is -2.72. The van der Waals surface area contributed by atoms with E-state index < -0.39 is 22.9 Å². The highest BCUT2D eigenvalue weighted by Crippen LogP contribution is 2.77. The molecule has 0 saturated heterocycles. The molecule has 0 radical (unpaired) electrons. The Labute approximate surface area is 206 Å². The summed E-state index contributed by atoms with van der Waals surface area (Å²) in [6, 6.07) is 0. The maximum atomic E-state index is 12.8. The molecule has 5 rings (SSSR count). The van der Waals surface area contributed by atoms with Crippen LogP contribution in [0.1, 0.15) is 98.8 Å². The van der Waals surface area contributed by atoms with Crippen LogP contribution >= 0.6 is 0 Å². The lowest BCUT2D eigenvalue weighted by molar-refractivity contribution is -0.254. The molecule has 0 aliphatic heterocycles. The van der Waals surface area contributed by atoms with Gasteiger partial charge in [0.05, 0.1) is 18.1 Å². The second kappa shape index (κ2) is 7.57. The first-order valence-electron chi connectivity index (χ1n) is 14.0. The minimum atomic E-state index is -0.567. The van der Waals surface area contributed by atoms with Crippen molar-refractivity contribution in [2.24, 2.45) is 56.7 Å². The summed E-state index contributed by atoms with van der Waals surface area (Å²) in [6.45, 7) is 16.2. The molecule has 192 valence electrons. The Morgan fingerprint density at radius 2 is 1.59 bits per heavy atom. The molecule has 5 saturated carbocycles. The zero-order valence-electron chi connectivity index (χ0n) is 22.2. The highest BCUT2D eigenvalue weighted by Gasteiger charge is 2.72. The van der Waals surface area contributed by atoms with Crippen LogP contribution in [-0.2, 0) is 4.79 Å². The summed E-state index contributed by atoms with van der Waals surface area (Å²) >= 11 is 0.